The molecular formula is C11H14N4O. The minimum absolute atomic E-state index is 0.423. The van der Waals surface area contributed by atoms with E-state index >= 15 is 0 Å². The second-order valence-electron chi connectivity index (χ2n) is 3.79. The Morgan fingerprint density at radius 2 is 2.00 bits per heavy atom. The maximum absolute atomic E-state index is 9.93. The standard InChI is InChI=1S/C11H14N4O/c1-8-6-13-11(14-7-8)9(16)5-10-12-3-4-15(10)2/h3-4,6-7,9,16H,5H2,1-2H3. The zero-order chi connectivity index (χ0) is 11.5. The van der Waals surface area contributed by atoms with Crippen molar-refractivity contribution in [2.75, 3.05) is 0 Å². The topological polar surface area (TPSA) is 63.8 Å². The Morgan fingerprint density at radius 3 is 2.56 bits per heavy atom. The number of aryl methyl sites for hydroxylation is 2. The van der Waals surface area contributed by atoms with E-state index < -0.39 is 6.10 Å². The molecule has 5 heteroatoms. The van der Waals surface area contributed by atoms with Crippen LogP contribution in [0.5, 0.6) is 0 Å². The summed E-state index contributed by atoms with van der Waals surface area (Å²) in [5.74, 6) is 1.25. The lowest BCUT2D eigenvalue weighted by Gasteiger charge is -2.08. The van der Waals surface area contributed by atoms with Crippen LogP contribution >= 0.6 is 0 Å². The molecule has 5 nitrogen and oxygen atoms in total. The molecule has 0 spiro atoms. The van der Waals surface area contributed by atoms with Crippen molar-refractivity contribution in [3.05, 3.63) is 42.0 Å². The minimum Gasteiger partial charge on any atom is -0.385 e. The van der Waals surface area contributed by atoms with E-state index in [-0.39, 0.29) is 0 Å². The summed E-state index contributed by atoms with van der Waals surface area (Å²) in [4.78, 5) is 12.3. The molecule has 0 saturated heterocycles. The lowest BCUT2D eigenvalue weighted by Crippen LogP contribution is -2.10. The second kappa shape index (κ2) is 4.40. The third-order valence-electron chi connectivity index (χ3n) is 2.40. The van der Waals surface area contributed by atoms with E-state index in [1.54, 1.807) is 18.6 Å². The van der Waals surface area contributed by atoms with E-state index in [0.717, 1.165) is 11.4 Å². The summed E-state index contributed by atoms with van der Waals surface area (Å²) < 4.78 is 1.87. The number of aromatic nitrogens is 4. The Labute approximate surface area is 93.8 Å². The van der Waals surface area contributed by atoms with E-state index in [1.165, 1.54) is 0 Å². The van der Waals surface area contributed by atoms with Crippen LogP contribution in [0, 0.1) is 6.92 Å². The molecule has 0 bridgehead atoms. The Balaban J connectivity index is 2.11. The first kappa shape index (κ1) is 10.8. The largest absolute Gasteiger partial charge is 0.385 e. The molecule has 1 N–H and O–H groups in total. The van der Waals surface area contributed by atoms with Crippen molar-refractivity contribution < 1.29 is 5.11 Å². The van der Waals surface area contributed by atoms with Crippen LogP contribution in [-0.2, 0) is 13.5 Å². The average molecular weight is 218 g/mol. The molecule has 1 unspecified atom stereocenters. The van der Waals surface area contributed by atoms with E-state index in [4.69, 9.17) is 0 Å². The smallest absolute Gasteiger partial charge is 0.157 e. The van der Waals surface area contributed by atoms with Gasteiger partial charge in [-0.3, -0.25) is 0 Å². The van der Waals surface area contributed by atoms with Crippen molar-refractivity contribution in [2.24, 2.45) is 7.05 Å². The highest BCUT2D eigenvalue weighted by Crippen LogP contribution is 2.12. The van der Waals surface area contributed by atoms with Gasteiger partial charge in [-0.15, -0.1) is 0 Å². The number of aliphatic hydroxyl groups is 1. The van der Waals surface area contributed by atoms with Crippen LogP contribution in [0.2, 0.25) is 0 Å². The predicted octanol–water partition coefficient (Wildman–Crippen LogP) is 0.795. The molecule has 0 amide bonds. The zero-order valence-electron chi connectivity index (χ0n) is 9.33. The highest BCUT2D eigenvalue weighted by Gasteiger charge is 2.13. The van der Waals surface area contributed by atoms with Crippen molar-refractivity contribution in [1.29, 1.82) is 0 Å². The third kappa shape index (κ3) is 2.25. The summed E-state index contributed by atoms with van der Waals surface area (Å²) in [5, 5.41) is 9.93. The minimum atomic E-state index is -0.707. The second-order valence-corrected chi connectivity index (χ2v) is 3.79. The van der Waals surface area contributed by atoms with Gasteiger partial charge in [0.25, 0.3) is 0 Å². The van der Waals surface area contributed by atoms with Crippen LogP contribution in [0.1, 0.15) is 23.3 Å². The van der Waals surface area contributed by atoms with Gasteiger partial charge in [-0.2, -0.15) is 0 Å². The highest BCUT2D eigenvalue weighted by atomic mass is 16.3. The normalized spacial score (nSPS) is 12.7. The Morgan fingerprint density at radius 1 is 1.31 bits per heavy atom. The van der Waals surface area contributed by atoms with Crippen molar-refractivity contribution >= 4 is 0 Å². The number of rotatable bonds is 3. The SMILES string of the molecule is Cc1cnc(C(O)Cc2nccn2C)nc1. The molecule has 0 fully saturated rings. The summed E-state index contributed by atoms with van der Waals surface area (Å²) in [6, 6.07) is 0. The van der Waals surface area contributed by atoms with E-state index in [2.05, 4.69) is 15.0 Å². The van der Waals surface area contributed by atoms with Crippen molar-refractivity contribution in [1.82, 2.24) is 19.5 Å². The molecule has 2 rings (SSSR count). The van der Waals surface area contributed by atoms with Crippen molar-refractivity contribution in [2.45, 2.75) is 19.4 Å². The molecule has 2 aromatic rings. The van der Waals surface area contributed by atoms with Gasteiger partial charge in [-0.05, 0) is 12.5 Å². The van der Waals surface area contributed by atoms with Gasteiger partial charge in [0.15, 0.2) is 5.82 Å². The molecule has 2 heterocycles. The lowest BCUT2D eigenvalue weighted by atomic mass is 10.2. The van der Waals surface area contributed by atoms with Crippen LogP contribution in [0.15, 0.2) is 24.8 Å². The number of hydrogen-bond acceptors (Lipinski definition) is 4. The molecule has 0 aliphatic rings. The first-order valence-corrected chi connectivity index (χ1v) is 5.09. The summed E-state index contributed by atoms with van der Waals surface area (Å²) in [5.41, 5.74) is 0.980. The van der Waals surface area contributed by atoms with Crippen LogP contribution in [0.25, 0.3) is 0 Å². The molecule has 0 aliphatic heterocycles. The zero-order valence-corrected chi connectivity index (χ0v) is 9.33. The van der Waals surface area contributed by atoms with Crippen LogP contribution in [0.4, 0.5) is 0 Å². The number of imidazole rings is 1. The summed E-state index contributed by atoms with van der Waals surface area (Å²) in [6.07, 6.45) is 6.66. The van der Waals surface area contributed by atoms with E-state index in [0.29, 0.717) is 12.2 Å². The van der Waals surface area contributed by atoms with E-state index in [1.807, 2.05) is 24.7 Å². The van der Waals surface area contributed by atoms with Gasteiger partial charge in [0.2, 0.25) is 0 Å². The third-order valence-corrected chi connectivity index (χ3v) is 2.40. The first-order chi connectivity index (χ1) is 7.66. The first-order valence-electron chi connectivity index (χ1n) is 5.09. The lowest BCUT2D eigenvalue weighted by molar-refractivity contribution is 0.164. The molecule has 84 valence electrons. The van der Waals surface area contributed by atoms with Crippen LogP contribution < -0.4 is 0 Å². The monoisotopic (exact) mass is 218 g/mol. The fraction of sp³-hybridized carbons (Fsp3) is 0.364. The fourth-order valence-electron chi connectivity index (χ4n) is 1.43. The van der Waals surface area contributed by atoms with Gasteiger partial charge in [0, 0.05) is 38.3 Å². The predicted molar refractivity (Wildman–Crippen MR) is 58.6 cm³/mol. The van der Waals surface area contributed by atoms with Gasteiger partial charge in [0.1, 0.15) is 11.9 Å². The quantitative estimate of drug-likeness (QED) is 0.827. The average Bonchev–Trinajstić information content (AvgIpc) is 2.65. The van der Waals surface area contributed by atoms with Gasteiger partial charge >= 0.3 is 0 Å². The molecular weight excluding hydrogens is 204 g/mol. The summed E-state index contributed by atoms with van der Waals surface area (Å²) in [7, 11) is 1.89. The molecule has 2 aromatic heterocycles. The van der Waals surface area contributed by atoms with Gasteiger partial charge in [-0.25, -0.2) is 15.0 Å². The van der Waals surface area contributed by atoms with E-state index in [9.17, 15) is 5.11 Å². The Kier molecular flexibility index (Phi) is 2.96. The number of aliphatic hydroxyl groups excluding tert-OH is 1. The molecule has 16 heavy (non-hydrogen) atoms. The number of nitrogens with zero attached hydrogens (tertiary/aromatic N) is 4. The summed E-state index contributed by atoms with van der Waals surface area (Å²) >= 11 is 0. The Hall–Kier alpha value is -1.75. The number of hydrogen-bond donors (Lipinski definition) is 1. The maximum Gasteiger partial charge on any atom is 0.157 e. The molecule has 0 radical (unpaired) electrons. The van der Waals surface area contributed by atoms with Crippen molar-refractivity contribution in [3.8, 4) is 0 Å². The highest BCUT2D eigenvalue weighted by molar-refractivity contribution is 5.05. The summed E-state index contributed by atoms with van der Waals surface area (Å²) in [6.45, 7) is 1.91. The van der Waals surface area contributed by atoms with Crippen LogP contribution in [0.3, 0.4) is 0 Å². The van der Waals surface area contributed by atoms with Crippen LogP contribution in [-0.4, -0.2) is 24.6 Å². The Bertz CT molecular complexity index is 463. The molecule has 0 aromatic carbocycles. The maximum atomic E-state index is 9.93. The van der Waals surface area contributed by atoms with Gasteiger partial charge in [-0.1, -0.05) is 0 Å². The van der Waals surface area contributed by atoms with Gasteiger partial charge in [0.05, 0.1) is 0 Å². The fourth-order valence-corrected chi connectivity index (χ4v) is 1.43. The van der Waals surface area contributed by atoms with Crippen molar-refractivity contribution in [3.63, 3.8) is 0 Å². The van der Waals surface area contributed by atoms with Gasteiger partial charge < -0.3 is 9.67 Å². The molecule has 1 atom stereocenters. The molecule has 0 aliphatic carbocycles. The molecule has 0 saturated carbocycles.